The maximum Gasteiger partial charge on any atom is 0.329 e. The fourth-order valence-electron chi connectivity index (χ4n) is 9.67. The van der Waals surface area contributed by atoms with Crippen LogP contribution in [0.15, 0.2) is 206 Å². The van der Waals surface area contributed by atoms with E-state index in [1.165, 1.54) is 100.0 Å². The third-order valence-corrected chi connectivity index (χ3v) is 12.3. The van der Waals surface area contributed by atoms with Crippen LogP contribution in [-0.4, -0.2) is 14.1 Å². The van der Waals surface area contributed by atoms with E-state index in [0.717, 1.165) is 11.4 Å². The summed E-state index contributed by atoms with van der Waals surface area (Å²) in [4.78, 5) is 2.56. The number of rotatable bonds is 2. The molecule has 0 aliphatic carbocycles. The van der Waals surface area contributed by atoms with E-state index in [4.69, 9.17) is 0 Å². The minimum absolute atomic E-state index is 0.0864. The fraction of sp³-hybridized carbons (Fsp3) is 0. The molecule has 3 aliphatic heterocycles. The van der Waals surface area contributed by atoms with Crippen LogP contribution in [0.1, 0.15) is 0 Å². The molecule has 9 aromatic rings. The lowest BCUT2D eigenvalue weighted by Crippen LogP contribution is -2.59. The zero-order valence-electron chi connectivity index (χ0n) is 31.7. The predicted octanol–water partition coefficient (Wildman–Crippen LogP) is 11.0. The lowest BCUT2D eigenvalue weighted by atomic mass is 9.43. The van der Waals surface area contributed by atoms with E-state index in [-0.39, 0.29) is 6.85 Å². The maximum absolute atomic E-state index is 3.83. The van der Waals surface area contributed by atoms with Crippen molar-refractivity contribution in [2.75, 3.05) is 10.1 Å². The molecule has 3 heterocycles. The number of nitrogens with one attached hydrogen (secondary N) is 1. The molecule has 2 nitrogen and oxygen atoms in total. The van der Waals surface area contributed by atoms with Gasteiger partial charge in [-0.25, -0.2) is 0 Å². The molecular weight excluding hydrogens is 698 g/mol. The van der Waals surface area contributed by atoms with Crippen molar-refractivity contribution in [3.8, 4) is 66.8 Å². The average molecular weight is 734 g/mol. The van der Waals surface area contributed by atoms with E-state index < -0.39 is 0 Å². The minimum atomic E-state index is 0.0864. The van der Waals surface area contributed by atoms with Gasteiger partial charge in [-0.05, 0) is 97.9 Å². The maximum atomic E-state index is 3.83. The molecule has 0 unspecified atom stereocenters. The van der Waals surface area contributed by atoms with Gasteiger partial charge in [0.05, 0.1) is 0 Å². The summed E-state index contributed by atoms with van der Waals surface area (Å²) in [5.41, 5.74) is 24.5. The van der Waals surface area contributed by atoms with E-state index in [0.29, 0.717) is 0 Å². The number of fused-ring (bicyclic) bond motifs is 17. The molecule has 0 amide bonds. The van der Waals surface area contributed by atoms with Crippen LogP contribution in [0.25, 0.3) is 66.8 Å². The van der Waals surface area contributed by atoms with Gasteiger partial charge in [-0.3, -0.25) is 0 Å². The molecule has 58 heavy (non-hydrogen) atoms. The highest BCUT2D eigenvalue weighted by Gasteiger charge is 2.42. The summed E-state index contributed by atoms with van der Waals surface area (Å²) in [7, 11) is 2.35. The van der Waals surface area contributed by atoms with Crippen LogP contribution in [0.5, 0.6) is 0 Å². The fourth-order valence-corrected chi connectivity index (χ4v) is 9.67. The molecule has 267 valence electrons. The molecule has 0 saturated heterocycles. The van der Waals surface area contributed by atoms with Gasteiger partial charge in [0.25, 0.3) is 0 Å². The lowest BCUT2D eigenvalue weighted by Gasteiger charge is -2.43. The Balaban J connectivity index is 0.971. The van der Waals surface area contributed by atoms with Crippen molar-refractivity contribution in [2.24, 2.45) is 0 Å². The van der Waals surface area contributed by atoms with Crippen LogP contribution in [-0.2, 0) is 0 Å². The van der Waals surface area contributed by atoms with Crippen molar-refractivity contribution in [3.05, 3.63) is 206 Å². The Morgan fingerprint density at radius 2 is 0.810 bits per heavy atom. The van der Waals surface area contributed by atoms with Gasteiger partial charge in [0.1, 0.15) is 0 Å². The molecule has 0 aromatic heterocycles. The SMILES string of the molecule is [B]1c2ccccc2-c2ccccc2Nc2ccccc2-c2cc(-c3cccc(-c4ccc5c(c4)-c4ccccc4N4B5c5ccccc5-c5ccccc54)c3)ccc21. The summed E-state index contributed by atoms with van der Waals surface area (Å²) in [6.45, 7) is 0.0864. The second-order valence-electron chi connectivity index (χ2n) is 15.5. The van der Waals surface area contributed by atoms with Crippen molar-refractivity contribution in [1.82, 2.24) is 0 Å². The molecule has 4 heteroatoms. The molecule has 1 N–H and O–H groups in total. The summed E-state index contributed by atoms with van der Waals surface area (Å²) in [5.74, 6) is 0. The third kappa shape index (κ3) is 5.15. The van der Waals surface area contributed by atoms with Gasteiger partial charge in [0.2, 0.25) is 0 Å². The molecule has 9 aromatic carbocycles. The zero-order chi connectivity index (χ0) is 38.2. The lowest BCUT2D eigenvalue weighted by molar-refractivity contribution is 1.35. The number of anilines is 4. The van der Waals surface area contributed by atoms with Crippen LogP contribution in [0.2, 0.25) is 0 Å². The van der Waals surface area contributed by atoms with Gasteiger partial charge in [-0.15, -0.1) is 0 Å². The van der Waals surface area contributed by atoms with Crippen LogP contribution in [0, 0.1) is 0 Å². The number of hydrogen-bond acceptors (Lipinski definition) is 2. The van der Waals surface area contributed by atoms with Gasteiger partial charge >= 0.3 is 6.85 Å². The first kappa shape index (κ1) is 32.9. The summed E-state index contributed by atoms with van der Waals surface area (Å²) in [6, 6.07) is 75.9. The second kappa shape index (κ2) is 13.1. The van der Waals surface area contributed by atoms with Crippen molar-refractivity contribution in [2.45, 2.75) is 0 Å². The second-order valence-corrected chi connectivity index (χ2v) is 15.5. The number of hydrogen-bond donors (Lipinski definition) is 1. The van der Waals surface area contributed by atoms with E-state index in [1.54, 1.807) is 0 Å². The Morgan fingerprint density at radius 3 is 1.53 bits per heavy atom. The quantitative estimate of drug-likeness (QED) is 0.178. The van der Waals surface area contributed by atoms with E-state index in [1.807, 2.05) is 0 Å². The normalized spacial score (nSPS) is 12.7. The molecular formula is C54H35B2N2. The summed E-state index contributed by atoms with van der Waals surface area (Å²) in [6.07, 6.45) is 0. The van der Waals surface area contributed by atoms with Gasteiger partial charge < -0.3 is 10.1 Å². The van der Waals surface area contributed by atoms with E-state index >= 15 is 0 Å². The Morgan fingerprint density at radius 1 is 0.328 bits per heavy atom. The molecule has 0 atom stereocenters. The summed E-state index contributed by atoms with van der Waals surface area (Å²) >= 11 is 0. The molecule has 0 bridgehead atoms. The van der Waals surface area contributed by atoms with Crippen molar-refractivity contribution in [1.29, 1.82) is 0 Å². The third-order valence-electron chi connectivity index (χ3n) is 12.3. The van der Waals surface area contributed by atoms with E-state index in [2.05, 4.69) is 224 Å². The Kier molecular flexibility index (Phi) is 7.46. The van der Waals surface area contributed by atoms with Crippen LogP contribution in [0.3, 0.4) is 0 Å². The van der Waals surface area contributed by atoms with Crippen molar-refractivity contribution in [3.63, 3.8) is 0 Å². The Labute approximate surface area is 340 Å². The first-order chi connectivity index (χ1) is 28.8. The molecule has 3 aliphatic rings. The van der Waals surface area contributed by atoms with Gasteiger partial charge in [-0.1, -0.05) is 175 Å². The first-order valence-electron chi connectivity index (χ1n) is 20.1. The molecule has 12 rings (SSSR count). The molecule has 0 fully saturated rings. The topological polar surface area (TPSA) is 15.3 Å². The minimum Gasteiger partial charge on any atom is -0.376 e. The van der Waals surface area contributed by atoms with E-state index in [9.17, 15) is 0 Å². The largest absolute Gasteiger partial charge is 0.376 e. The molecule has 0 saturated carbocycles. The van der Waals surface area contributed by atoms with Crippen molar-refractivity contribution >= 4 is 58.7 Å². The summed E-state index contributed by atoms with van der Waals surface area (Å²) < 4.78 is 0. The van der Waals surface area contributed by atoms with Crippen LogP contribution < -0.4 is 32.0 Å². The van der Waals surface area contributed by atoms with Gasteiger partial charge in [0, 0.05) is 45.0 Å². The summed E-state index contributed by atoms with van der Waals surface area (Å²) in [5, 5.41) is 3.83. The monoisotopic (exact) mass is 733 g/mol. The molecule has 1 radical (unpaired) electrons. The highest BCUT2D eigenvalue weighted by atomic mass is 15.1. The smallest absolute Gasteiger partial charge is 0.329 e. The Bertz CT molecular complexity index is 3060. The van der Waals surface area contributed by atoms with Gasteiger partial charge in [-0.2, -0.15) is 0 Å². The number of benzene rings is 9. The number of para-hydroxylation sites is 4. The van der Waals surface area contributed by atoms with Crippen LogP contribution >= 0.6 is 0 Å². The number of nitrogens with zero attached hydrogens (tertiary/aromatic N) is 1. The highest BCUT2D eigenvalue weighted by molar-refractivity contribution is 6.92. The highest BCUT2D eigenvalue weighted by Crippen LogP contribution is 2.46. The average Bonchev–Trinajstić information content (AvgIpc) is 3.29. The zero-order valence-corrected chi connectivity index (χ0v) is 31.7. The standard InChI is InChI=1S/C54H35B2N2/c1-7-22-47-39(16-1)41-18-3-9-24-51(41)57-52-25-10-4-19-42(52)45-33-37(28-30-48(45)55-47)35-14-13-15-36(32-35)38-29-31-50-46(34-38)44-21-6-12-27-54(44)58-53-26-11-5-20-43(53)40-17-2-8-23-49(40)56(50)58/h1-34,57H. The Hall–Kier alpha value is -7.29. The van der Waals surface area contributed by atoms with Crippen molar-refractivity contribution < 1.29 is 0 Å². The predicted molar refractivity (Wildman–Crippen MR) is 247 cm³/mol. The van der Waals surface area contributed by atoms with Gasteiger partial charge in [0.15, 0.2) is 7.28 Å². The molecule has 0 spiro atoms. The van der Waals surface area contributed by atoms with Crippen LogP contribution in [0.4, 0.5) is 22.7 Å². The first-order valence-corrected chi connectivity index (χ1v) is 20.1.